The van der Waals surface area contributed by atoms with Crippen molar-refractivity contribution in [1.29, 1.82) is 0 Å². The monoisotopic (exact) mass is 284 g/mol. The third kappa shape index (κ3) is 2.94. The molecule has 1 heterocycles. The van der Waals surface area contributed by atoms with Crippen molar-refractivity contribution >= 4 is 5.69 Å². The molecule has 0 radical (unpaired) electrons. The average molecular weight is 284 g/mol. The van der Waals surface area contributed by atoms with E-state index in [1.54, 1.807) is 20.4 Å². The minimum Gasteiger partial charge on any atom is -0.497 e. The van der Waals surface area contributed by atoms with Gasteiger partial charge in [-0.2, -0.15) is 0 Å². The fourth-order valence-electron chi connectivity index (χ4n) is 2.87. The summed E-state index contributed by atoms with van der Waals surface area (Å²) in [5.41, 5.74) is 3.74. The van der Waals surface area contributed by atoms with E-state index in [0.717, 1.165) is 30.7 Å². The van der Waals surface area contributed by atoms with E-state index in [1.807, 2.05) is 18.2 Å². The third-order valence-electron chi connectivity index (χ3n) is 3.97. The summed E-state index contributed by atoms with van der Waals surface area (Å²) in [5, 5.41) is 3.55. The molecule has 1 aromatic heterocycles. The fourth-order valence-corrected chi connectivity index (χ4v) is 2.87. The lowest BCUT2D eigenvalue weighted by molar-refractivity contribution is 0.398. The van der Waals surface area contributed by atoms with Gasteiger partial charge in [0.2, 0.25) is 5.88 Å². The van der Waals surface area contributed by atoms with E-state index in [-0.39, 0.29) is 0 Å². The van der Waals surface area contributed by atoms with Gasteiger partial charge in [-0.25, -0.2) is 4.98 Å². The van der Waals surface area contributed by atoms with Gasteiger partial charge in [0.1, 0.15) is 5.75 Å². The molecule has 1 aromatic carbocycles. The number of ether oxygens (including phenoxy) is 2. The van der Waals surface area contributed by atoms with Gasteiger partial charge in [-0.05, 0) is 54.7 Å². The zero-order chi connectivity index (χ0) is 14.7. The van der Waals surface area contributed by atoms with E-state index in [1.165, 1.54) is 11.1 Å². The molecular formula is C17H20N2O2. The Kier molecular flexibility index (Phi) is 3.95. The number of fused-ring (bicyclic) bond motifs is 1. The Labute approximate surface area is 125 Å². The van der Waals surface area contributed by atoms with Crippen LogP contribution >= 0.6 is 0 Å². The van der Waals surface area contributed by atoms with Gasteiger partial charge in [-0.15, -0.1) is 0 Å². The van der Waals surface area contributed by atoms with Crippen LogP contribution in [0.2, 0.25) is 0 Å². The van der Waals surface area contributed by atoms with Gasteiger partial charge in [-0.1, -0.05) is 6.07 Å². The lowest BCUT2D eigenvalue weighted by Gasteiger charge is -2.27. The molecule has 4 nitrogen and oxygen atoms in total. The second kappa shape index (κ2) is 6.04. The first-order valence-electron chi connectivity index (χ1n) is 7.21. The predicted molar refractivity (Wildman–Crippen MR) is 83.2 cm³/mol. The van der Waals surface area contributed by atoms with Crippen molar-refractivity contribution in [2.75, 3.05) is 19.5 Å². The Morgan fingerprint density at radius 2 is 2.05 bits per heavy atom. The predicted octanol–water partition coefficient (Wildman–Crippen LogP) is 3.07. The topological polar surface area (TPSA) is 43.4 Å². The number of nitrogens with zero attached hydrogens (tertiary/aromatic N) is 1. The fraction of sp³-hybridized carbons (Fsp3) is 0.353. The van der Waals surface area contributed by atoms with Crippen LogP contribution in [0.3, 0.4) is 0 Å². The maximum Gasteiger partial charge on any atom is 0.237 e. The molecule has 4 heteroatoms. The normalized spacial score (nSPS) is 17.0. The van der Waals surface area contributed by atoms with E-state index in [4.69, 9.17) is 9.47 Å². The Morgan fingerprint density at radius 3 is 2.86 bits per heavy atom. The van der Waals surface area contributed by atoms with Crippen LogP contribution < -0.4 is 14.8 Å². The molecule has 110 valence electrons. The summed E-state index contributed by atoms with van der Waals surface area (Å²) in [6.45, 7) is 0. The maximum absolute atomic E-state index is 5.32. The first-order valence-corrected chi connectivity index (χ1v) is 7.21. The summed E-state index contributed by atoms with van der Waals surface area (Å²) in [4.78, 5) is 4.23. The van der Waals surface area contributed by atoms with Crippen molar-refractivity contribution in [2.24, 2.45) is 0 Å². The molecule has 1 unspecified atom stereocenters. The largest absolute Gasteiger partial charge is 0.497 e. The smallest absolute Gasteiger partial charge is 0.237 e. The Bertz CT molecular complexity index is 628. The number of benzene rings is 1. The average Bonchev–Trinajstić information content (AvgIpc) is 2.54. The summed E-state index contributed by atoms with van der Waals surface area (Å²) in [7, 11) is 3.36. The standard InChI is InChI=1S/C17H20N2O2/c1-20-15-8-6-12-5-7-14(10-13(12)11-15)19-16-4-3-9-18-17(16)21-2/h3-4,6,8-9,11,14,19H,5,7,10H2,1-2H3. The van der Waals surface area contributed by atoms with Crippen molar-refractivity contribution in [2.45, 2.75) is 25.3 Å². The Morgan fingerprint density at radius 1 is 1.14 bits per heavy atom. The Hall–Kier alpha value is -2.23. The highest BCUT2D eigenvalue weighted by Gasteiger charge is 2.20. The van der Waals surface area contributed by atoms with Crippen molar-refractivity contribution in [3.8, 4) is 11.6 Å². The first kappa shape index (κ1) is 13.7. The number of nitrogens with one attached hydrogen (secondary N) is 1. The summed E-state index contributed by atoms with van der Waals surface area (Å²) >= 11 is 0. The minimum absolute atomic E-state index is 0.391. The molecule has 0 fully saturated rings. The van der Waals surface area contributed by atoms with Crippen LogP contribution in [0, 0.1) is 0 Å². The van der Waals surface area contributed by atoms with Crippen LogP contribution in [0.5, 0.6) is 11.6 Å². The van der Waals surface area contributed by atoms with Crippen LogP contribution in [0.4, 0.5) is 5.69 Å². The molecule has 0 amide bonds. The highest BCUT2D eigenvalue weighted by molar-refractivity contribution is 5.53. The zero-order valence-electron chi connectivity index (χ0n) is 12.4. The summed E-state index contributed by atoms with van der Waals surface area (Å²) in [5.74, 6) is 1.57. The van der Waals surface area contributed by atoms with E-state index >= 15 is 0 Å². The lowest BCUT2D eigenvalue weighted by atomic mass is 9.88. The number of methoxy groups -OCH3 is 2. The summed E-state index contributed by atoms with van der Waals surface area (Å²) in [6.07, 6.45) is 4.92. The van der Waals surface area contributed by atoms with E-state index < -0.39 is 0 Å². The molecule has 0 bridgehead atoms. The van der Waals surface area contributed by atoms with Gasteiger partial charge in [0, 0.05) is 12.2 Å². The number of aryl methyl sites for hydroxylation is 1. The number of pyridine rings is 1. The molecule has 3 rings (SSSR count). The molecular weight excluding hydrogens is 264 g/mol. The molecule has 0 saturated carbocycles. The van der Waals surface area contributed by atoms with Crippen molar-refractivity contribution < 1.29 is 9.47 Å². The quantitative estimate of drug-likeness (QED) is 0.937. The van der Waals surface area contributed by atoms with Gasteiger partial charge < -0.3 is 14.8 Å². The van der Waals surface area contributed by atoms with Crippen LogP contribution in [0.15, 0.2) is 36.5 Å². The molecule has 0 spiro atoms. The summed E-state index contributed by atoms with van der Waals surface area (Å²) in [6, 6.07) is 10.7. The molecule has 1 aliphatic carbocycles. The third-order valence-corrected chi connectivity index (χ3v) is 3.97. The maximum atomic E-state index is 5.32. The first-order chi connectivity index (χ1) is 10.3. The van der Waals surface area contributed by atoms with Crippen molar-refractivity contribution in [3.63, 3.8) is 0 Å². The number of aromatic nitrogens is 1. The number of anilines is 1. The van der Waals surface area contributed by atoms with Gasteiger partial charge in [0.15, 0.2) is 0 Å². The van der Waals surface area contributed by atoms with Gasteiger partial charge >= 0.3 is 0 Å². The molecule has 1 N–H and O–H groups in total. The second-order valence-corrected chi connectivity index (χ2v) is 5.28. The highest BCUT2D eigenvalue weighted by atomic mass is 16.5. The van der Waals surface area contributed by atoms with Crippen molar-refractivity contribution in [3.05, 3.63) is 47.7 Å². The lowest BCUT2D eigenvalue weighted by Crippen LogP contribution is -2.27. The zero-order valence-corrected chi connectivity index (χ0v) is 12.4. The molecule has 0 saturated heterocycles. The highest BCUT2D eigenvalue weighted by Crippen LogP contribution is 2.29. The van der Waals surface area contributed by atoms with Crippen molar-refractivity contribution in [1.82, 2.24) is 4.98 Å². The SMILES string of the molecule is COc1ccc2c(c1)CC(Nc1cccnc1OC)CC2. The number of rotatable bonds is 4. The van der Waals surface area contributed by atoms with Gasteiger partial charge in [-0.3, -0.25) is 0 Å². The molecule has 2 aromatic rings. The van der Waals surface area contributed by atoms with Crippen LogP contribution in [0.25, 0.3) is 0 Å². The van der Waals surface area contributed by atoms with E-state index in [0.29, 0.717) is 11.9 Å². The molecule has 1 atom stereocenters. The molecule has 1 aliphatic rings. The van der Waals surface area contributed by atoms with Gasteiger partial charge in [0.05, 0.1) is 19.9 Å². The molecule has 21 heavy (non-hydrogen) atoms. The number of hydrogen-bond donors (Lipinski definition) is 1. The van der Waals surface area contributed by atoms with E-state index in [2.05, 4.69) is 22.4 Å². The van der Waals surface area contributed by atoms with E-state index in [9.17, 15) is 0 Å². The second-order valence-electron chi connectivity index (χ2n) is 5.28. The number of hydrogen-bond acceptors (Lipinski definition) is 4. The van der Waals surface area contributed by atoms with Crippen LogP contribution in [-0.2, 0) is 12.8 Å². The van der Waals surface area contributed by atoms with Crippen LogP contribution in [-0.4, -0.2) is 25.2 Å². The summed E-state index contributed by atoms with van der Waals surface area (Å²) < 4.78 is 10.6. The Balaban J connectivity index is 1.76. The van der Waals surface area contributed by atoms with Gasteiger partial charge in [0.25, 0.3) is 0 Å². The van der Waals surface area contributed by atoms with Crippen LogP contribution in [0.1, 0.15) is 17.5 Å². The minimum atomic E-state index is 0.391. The molecule has 0 aliphatic heterocycles.